The lowest BCUT2D eigenvalue weighted by molar-refractivity contribution is 0.129. The van der Waals surface area contributed by atoms with Crippen LogP contribution < -0.4 is 5.73 Å². The summed E-state index contributed by atoms with van der Waals surface area (Å²) in [4.78, 5) is 13.3. The lowest BCUT2D eigenvalue weighted by Crippen LogP contribution is -2.20. The molecule has 2 heterocycles. The first-order valence-electron chi connectivity index (χ1n) is 7.35. The predicted molar refractivity (Wildman–Crippen MR) is 86.2 cm³/mol. The van der Waals surface area contributed by atoms with Gasteiger partial charge < -0.3 is 15.4 Å². The number of aliphatic hydroxyl groups is 1. The number of fused-ring (bicyclic) bond motifs is 1. The van der Waals surface area contributed by atoms with E-state index in [4.69, 9.17) is 5.73 Å². The van der Waals surface area contributed by atoms with Crippen LogP contribution in [0.4, 0.5) is 5.82 Å². The van der Waals surface area contributed by atoms with Gasteiger partial charge in [0.2, 0.25) is 0 Å². The van der Waals surface area contributed by atoms with Crippen LogP contribution in [0.2, 0.25) is 0 Å². The zero-order valence-electron chi connectivity index (χ0n) is 12.6. The van der Waals surface area contributed by atoms with E-state index < -0.39 is 6.10 Å². The number of hydrogen-bond acceptors (Lipinski definition) is 5. The maximum Gasteiger partial charge on any atom is 0.166 e. The average Bonchev–Trinajstić information content (AvgIpc) is 2.93. The van der Waals surface area contributed by atoms with Crippen molar-refractivity contribution < 1.29 is 5.11 Å². The molecular weight excluding hydrogens is 278 g/mol. The second kappa shape index (κ2) is 5.73. The minimum absolute atomic E-state index is 0.0945. The molecule has 1 aromatic carbocycles. The Morgan fingerprint density at radius 2 is 1.95 bits per heavy atom. The fraction of sp³-hybridized carbons (Fsp3) is 0.312. The first kappa shape index (κ1) is 14.5. The number of imidazole rings is 1. The second-order valence-corrected chi connectivity index (χ2v) is 5.34. The van der Waals surface area contributed by atoms with Crippen molar-refractivity contribution in [3.8, 4) is 11.4 Å². The third-order valence-electron chi connectivity index (χ3n) is 3.81. The highest BCUT2D eigenvalue weighted by Gasteiger charge is 2.20. The molecule has 0 fully saturated rings. The van der Waals surface area contributed by atoms with E-state index in [-0.39, 0.29) is 6.04 Å². The lowest BCUT2D eigenvalue weighted by atomic mass is 10.1. The molecular formula is C16H19N5O. The number of hydrogen-bond donors (Lipinski definition) is 2. The van der Waals surface area contributed by atoms with E-state index in [0.717, 1.165) is 12.0 Å². The average molecular weight is 297 g/mol. The molecule has 0 aliphatic heterocycles. The number of rotatable bonds is 4. The van der Waals surface area contributed by atoms with Crippen LogP contribution in [0.15, 0.2) is 36.7 Å². The molecule has 114 valence electrons. The van der Waals surface area contributed by atoms with Crippen LogP contribution in [0.1, 0.15) is 26.3 Å². The number of nitrogen functional groups attached to an aromatic ring is 1. The third-order valence-corrected chi connectivity index (χ3v) is 3.81. The van der Waals surface area contributed by atoms with Crippen molar-refractivity contribution >= 4 is 17.0 Å². The molecule has 2 atom stereocenters. The minimum atomic E-state index is -0.501. The standard InChI is InChI=1S/C16H19N5O/c1-3-12(10(2)22)21-9-18-13-14(17)19-15(20-16(13)21)11-7-5-4-6-8-11/h4-10,12,22H,3H2,1-2H3,(H2,17,19,20)/t10-,12+/m1/s1. The topological polar surface area (TPSA) is 89.8 Å². The second-order valence-electron chi connectivity index (χ2n) is 5.34. The van der Waals surface area contributed by atoms with Gasteiger partial charge in [0.05, 0.1) is 18.5 Å². The number of nitrogens with zero attached hydrogens (tertiary/aromatic N) is 4. The summed E-state index contributed by atoms with van der Waals surface area (Å²) in [5.41, 5.74) is 8.15. The molecule has 0 amide bonds. The van der Waals surface area contributed by atoms with Crippen LogP contribution in [-0.2, 0) is 0 Å². The molecule has 3 N–H and O–H groups in total. The Hall–Kier alpha value is -2.47. The predicted octanol–water partition coefficient (Wildman–Crippen LogP) is 2.41. The summed E-state index contributed by atoms with van der Waals surface area (Å²) < 4.78 is 1.88. The molecule has 0 aliphatic rings. The van der Waals surface area contributed by atoms with Crippen LogP contribution in [0.3, 0.4) is 0 Å². The Morgan fingerprint density at radius 1 is 1.23 bits per heavy atom. The summed E-state index contributed by atoms with van der Waals surface area (Å²) in [7, 11) is 0. The van der Waals surface area contributed by atoms with Crippen molar-refractivity contribution in [3.63, 3.8) is 0 Å². The van der Waals surface area contributed by atoms with Crippen LogP contribution in [-0.4, -0.2) is 30.7 Å². The molecule has 0 radical (unpaired) electrons. The van der Waals surface area contributed by atoms with E-state index in [1.807, 2.05) is 41.8 Å². The van der Waals surface area contributed by atoms with Gasteiger partial charge in [-0.25, -0.2) is 15.0 Å². The van der Waals surface area contributed by atoms with Gasteiger partial charge in [-0.1, -0.05) is 37.3 Å². The Morgan fingerprint density at radius 3 is 2.59 bits per heavy atom. The van der Waals surface area contributed by atoms with Gasteiger partial charge in [0.25, 0.3) is 0 Å². The maximum atomic E-state index is 9.98. The summed E-state index contributed by atoms with van der Waals surface area (Å²) in [6.07, 6.45) is 1.94. The van der Waals surface area contributed by atoms with Crippen molar-refractivity contribution in [2.45, 2.75) is 32.4 Å². The molecule has 0 unspecified atom stereocenters. The van der Waals surface area contributed by atoms with E-state index in [9.17, 15) is 5.11 Å². The van der Waals surface area contributed by atoms with Crippen molar-refractivity contribution in [3.05, 3.63) is 36.7 Å². The van der Waals surface area contributed by atoms with Crippen LogP contribution >= 0.6 is 0 Å². The van der Waals surface area contributed by atoms with Gasteiger partial charge in [-0.3, -0.25) is 0 Å². The third kappa shape index (κ3) is 2.42. The summed E-state index contributed by atoms with van der Waals surface area (Å²) in [5, 5.41) is 9.98. The summed E-state index contributed by atoms with van der Waals surface area (Å²) in [6, 6.07) is 9.58. The van der Waals surface area contributed by atoms with Crippen molar-refractivity contribution in [2.75, 3.05) is 5.73 Å². The number of benzene rings is 1. The molecule has 0 saturated heterocycles. The van der Waals surface area contributed by atoms with Crippen LogP contribution in [0, 0.1) is 0 Å². The van der Waals surface area contributed by atoms with E-state index >= 15 is 0 Å². The van der Waals surface area contributed by atoms with Crippen molar-refractivity contribution in [1.82, 2.24) is 19.5 Å². The molecule has 0 aliphatic carbocycles. The molecule has 0 spiro atoms. The molecule has 22 heavy (non-hydrogen) atoms. The minimum Gasteiger partial charge on any atom is -0.391 e. The Labute approximate surface area is 128 Å². The summed E-state index contributed by atoms with van der Waals surface area (Å²) in [5.74, 6) is 0.913. The zero-order chi connectivity index (χ0) is 15.7. The highest BCUT2D eigenvalue weighted by atomic mass is 16.3. The fourth-order valence-electron chi connectivity index (χ4n) is 2.67. The number of nitrogens with two attached hydrogens (primary N) is 1. The van der Waals surface area contributed by atoms with Gasteiger partial charge >= 0.3 is 0 Å². The molecule has 6 heteroatoms. The molecule has 2 aromatic heterocycles. The monoisotopic (exact) mass is 297 g/mol. The number of aromatic nitrogens is 4. The molecule has 3 rings (SSSR count). The lowest BCUT2D eigenvalue weighted by Gasteiger charge is -2.20. The molecule has 3 aromatic rings. The largest absolute Gasteiger partial charge is 0.391 e. The van der Waals surface area contributed by atoms with E-state index in [1.165, 1.54) is 0 Å². The highest BCUT2D eigenvalue weighted by Crippen LogP contribution is 2.26. The first-order valence-corrected chi connectivity index (χ1v) is 7.35. The summed E-state index contributed by atoms with van der Waals surface area (Å²) in [6.45, 7) is 3.79. The molecule has 0 bridgehead atoms. The SMILES string of the molecule is CC[C@@H]([C@@H](C)O)n1cnc2c(N)nc(-c3ccccc3)nc21. The zero-order valence-corrected chi connectivity index (χ0v) is 12.6. The first-order chi connectivity index (χ1) is 10.6. The van der Waals surface area contributed by atoms with Crippen molar-refractivity contribution in [2.24, 2.45) is 0 Å². The Kier molecular flexibility index (Phi) is 3.77. The van der Waals surface area contributed by atoms with Gasteiger partial charge in [-0.15, -0.1) is 0 Å². The van der Waals surface area contributed by atoms with Crippen molar-refractivity contribution in [1.29, 1.82) is 0 Å². The molecule has 6 nitrogen and oxygen atoms in total. The van der Waals surface area contributed by atoms with Crippen LogP contribution in [0.25, 0.3) is 22.6 Å². The smallest absolute Gasteiger partial charge is 0.166 e. The van der Waals surface area contributed by atoms with Gasteiger partial charge in [0.1, 0.15) is 5.52 Å². The normalized spacial score (nSPS) is 14.1. The van der Waals surface area contributed by atoms with Gasteiger partial charge in [-0.2, -0.15) is 0 Å². The highest BCUT2D eigenvalue weighted by molar-refractivity contribution is 5.83. The van der Waals surface area contributed by atoms with E-state index in [0.29, 0.717) is 22.8 Å². The number of anilines is 1. The quantitative estimate of drug-likeness (QED) is 0.771. The molecule has 0 saturated carbocycles. The van der Waals surface area contributed by atoms with Gasteiger partial charge in [0, 0.05) is 5.56 Å². The number of aliphatic hydroxyl groups excluding tert-OH is 1. The maximum absolute atomic E-state index is 9.98. The Balaban J connectivity index is 2.19. The fourth-order valence-corrected chi connectivity index (χ4v) is 2.67. The van der Waals surface area contributed by atoms with Gasteiger partial charge in [0.15, 0.2) is 17.3 Å². The summed E-state index contributed by atoms with van der Waals surface area (Å²) >= 11 is 0. The van der Waals surface area contributed by atoms with Crippen LogP contribution in [0.5, 0.6) is 0 Å². The van der Waals surface area contributed by atoms with Gasteiger partial charge in [-0.05, 0) is 13.3 Å². The van der Waals surface area contributed by atoms with E-state index in [1.54, 1.807) is 13.3 Å². The van der Waals surface area contributed by atoms with E-state index in [2.05, 4.69) is 15.0 Å². The Bertz CT molecular complexity index is 782.